The number of hydrogen-bond acceptors (Lipinski definition) is 5. The lowest BCUT2D eigenvalue weighted by molar-refractivity contribution is 0.0661. The summed E-state index contributed by atoms with van der Waals surface area (Å²) in [6, 6.07) is 3.04. The number of aryl methyl sites for hydroxylation is 1. The fraction of sp³-hybridized carbons (Fsp3) is 0.357. The molecule has 2 N–H and O–H groups in total. The molecule has 0 saturated heterocycles. The Morgan fingerprint density at radius 2 is 2.19 bits per heavy atom. The summed E-state index contributed by atoms with van der Waals surface area (Å²) in [5.41, 5.74) is 1.63. The highest BCUT2D eigenvalue weighted by Gasteiger charge is 2.16. The third kappa shape index (κ3) is 3.02. The van der Waals surface area contributed by atoms with Gasteiger partial charge in [0.05, 0.1) is 11.4 Å². The minimum atomic E-state index is -1.09. The van der Waals surface area contributed by atoms with Gasteiger partial charge in [-0.25, -0.2) is 9.78 Å². The van der Waals surface area contributed by atoms with E-state index in [4.69, 9.17) is 9.52 Å². The van der Waals surface area contributed by atoms with E-state index >= 15 is 0 Å². The molecular formula is C14H14N2O4S. The smallest absolute Gasteiger partial charge is 0.371 e. The van der Waals surface area contributed by atoms with Crippen molar-refractivity contribution < 1.29 is 14.3 Å². The van der Waals surface area contributed by atoms with Crippen molar-refractivity contribution in [3.05, 3.63) is 45.3 Å². The number of aromatic carboxylic acids is 1. The summed E-state index contributed by atoms with van der Waals surface area (Å²) < 4.78 is 5.17. The second-order valence-electron chi connectivity index (χ2n) is 4.86. The molecule has 0 radical (unpaired) electrons. The van der Waals surface area contributed by atoms with Crippen LogP contribution in [-0.2, 0) is 18.6 Å². The Hall–Kier alpha value is -2.02. The SMILES string of the molecule is O=C(O)c1ccc(CSc2nc3c(c(=O)[nH]2)CCCC3)o1. The first-order valence-electron chi connectivity index (χ1n) is 6.70. The van der Waals surface area contributed by atoms with E-state index in [0.717, 1.165) is 36.9 Å². The fourth-order valence-electron chi connectivity index (χ4n) is 2.36. The predicted octanol–water partition coefficient (Wildman–Crippen LogP) is 2.23. The summed E-state index contributed by atoms with van der Waals surface area (Å²) in [6.07, 6.45) is 3.74. The number of thioether (sulfide) groups is 1. The molecule has 0 amide bonds. The van der Waals surface area contributed by atoms with Crippen LogP contribution in [0.2, 0.25) is 0 Å². The van der Waals surface area contributed by atoms with Gasteiger partial charge < -0.3 is 14.5 Å². The summed E-state index contributed by atoms with van der Waals surface area (Å²) in [6.45, 7) is 0. The van der Waals surface area contributed by atoms with Crippen molar-refractivity contribution in [1.82, 2.24) is 9.97 Å². The number of nitrogens with one attached hydrogen (secondary N) is 1. The second kappa shape index (κ2) is 5.77. The second-order valence-corrected chi connectivity index (χ2v) is 5.83. The first-order chi connectivity index (χ1) is 10.1. The van der Waals surface area contributed by atoms with Gasteiger partial charge in [0.15, 0.2) is 5.16 Å². The summed E-state index contributed by atoms with van der Waals surface area (Å²) in [5.74, 6) is -0.212. The molecule has 7 heteroatoms. The van der Waals surface area contributed by atoms with Crippen LogP contribution in [0.15, 0.2) is 26.5 Å². The molecular weight excluding hydrogens is 292 g/mol. The normalized spacial score (nSPS) is 13.9. The maximum Gasteiger partial charge on any atom is 0.371 e. The van der Waals surface area contributed by atoms with Crippen molar-refractivity contribution in [3.8, 4) is 0 Å². The Bertz CT molecular complexity index is 735. The van der Waals surface area contributed by atoms with E-state index in [-0.39, 0.29) is 11.3 Å². The van der Waals surface area contributed by atoms with Crippen LogP contribution in [0, 0.1) is 0 Å². The molecule has 0 bridgehead atoms. The maximum atomic E-state index is 12.0. The highest BCUT2D eigenvalue weighted by Crippen LogP contribution is 2.23. The van der Waals surface area contributed by atoms with Crippen LogP contribution < -0.4 is 5.56 Å². The van der Waals surface area contributed by atoms with Gasteiger partial charge in [-0.15, -0.1) is 0 Å². The molecule has 0 fully saturated rings. The van der Waals surface area contributed by atoms with E-state index in [1.165, 1.54) is 17.8 Å². The van der Waals surface area contributed by atoms with Gasteiger partial charge in [0.25, 0.3) is 5.56 Å². The standard InChI is InChI=1S/C14H14N2O4S/c17-12-9-3-1-2-4-10(9)15-14(16-12)21-7-8-5-6-11(20-8)13(18)19/h5-6H,1-4,7H2,(H,18,19)(H,15,16,17). The van der Waals surface area contributed by atoms with Gasteiger partial charge in [-0.2, -0.15) is 0 Å². The van der Waals surface area contributed by atoms with Crippen LogP contribution >= 0.6 is 11.8 Å². The molecule has 0 saturated carbocycles. The molecule has 2 aromatic rings. The Labute approximate surface area is 124 Å². The topological polar surface area (TPSA) is 96.2 Å². The number of carbonyl (C=O) groups is 1. The zero-order valence-corrected chi connectivity index (χ0v) is 12.0. The number of carboxylic acid groups (broad SMARTS) is 1. The summed E-state index contributed by atoms with van der Waals surface area (Å²) in [4.78, 5) is 30.0. The van der Waals surface area contributed by atoms with E-state index in [0.29, 0.717) is 16.7 Å². The van der Waals surface area contributed by atoms with Crippen LogP contribution in [0.3, 0.4) is 0 Å². The number of hydrogen-bond donors (Lipinski definition) is 2. The molecule has 6 nitrogen and oxygen atoms in total. The molecule has 110 valence electrons. The van der Waals surface area contributed by atoms with Crippen molar-refractivity contribution in [3.63, 3.8) is 0 Å². The number of fused-ring (bicyclic) bond motifs is 1. The van der Waals surface area contributed by atoms with Gasteiger partial charge in [0.2, 0.25) is 5.76 Å². The molecule has 21 heavy (non-hydrogen) atoms. The van der Waals surface area contributed by atoms with Gasteiger partial charge in [-0.05, 0) is 37.8 Å². The molecule has 0 unspecified atom stereocenters. The van der Waals surface area contributed by atoms with Gasteiger partial charge >= 0.3 is 5.97 Å². The van der Waals surface area contributed by atoms with Crippen molar-refractivity contribution >= 4 is 17.7 Å². The maximum absolute atomic E-state index is 12.0. The number of rotatable bonds is 4. The monoisotopic (exact) mass is 306 g/mol. The van der Waals surface area contributed by atoms with Crippen molar-refractivity contribution in [1.29, 1.82) is 0 Å². The molecule has 0 atom stereocenters. The van der Waals surface area contributed by atoms with Crippen LogP contribution in [0.5, 0.6) is 0 Å². The third-order valence-electron chi connectivity index (χ3n) is 3.39. The summed E-state index contributed by atoms with van der Waals surface area (Å²) in [5, 5.41) is 9.34. The molecule has 0 aromatic carbocycles. The van der Waals surface area contributed by atoms with Crippen molar-refractivity contribution in [2.45, 2.75) is 36.6 Å². The first-order valence-corrected chi connectivity index (χ1v) is 7.69. The van der Waals surface area contributed by atoms with E-state index in [1.54, 1.807) is 6.07 Å². The average Bonchev–Trinajstić information content (AvgIpc) is 2.94. The highest BCUT2D eigenvalue weighted by molar-refractivity contribution is 7.98. The Balaban J connectivity index is 1.74. The Morgan fingerprint density at radius 1 is 1.38 bits per heavy atom. The molecule has 1 aliphatic carbocycles. The number of furan rings is 1. The van der Waals surface area contributed by atoms with E-state index in [9.17, 15) is 9.59 Å². The lowest BCUT2D eigenvalue weighted by Crippen LogP contribution is -2.21. The Kier molecular flexibility index (Phi) is 3.83. The van der Waals surface area contributed by atoms with Crippen LogP contribution in [0.1, 0.15) is 40.4 Å². The van der Waals surface area contributed by atoms with E-state index < -0.39 is 5.97 Å². The van der Waals surface area contributed by atoms with Gasteiger partial charge in [0.1, 0.15) is 5.76 Å². The Morgan fingerprint density at radius 3 is 2.95 bits per heavy atom. The largest absolute Gasteiger partial charge is 0.475 e. The first kappa shape index (κ1) is 13.9. The van der Waals surface area contributed by atoms with Crippen molar-refractivity contribution in [2.75, 3.05) is 0 Å². The number of H-pyrrole nitrogens is 1. The van der Waals surface area contributed by atoms with Crippen LogP contribution in [0.4, 0.5) is 0 Å². The lowest BCUT2D eigenvalue weighted by atomic mass is 9.97. The number of nitrogens with zero attached hydrogens (tertiary/aromatic N) is 1. The minimum absolute atomic E-state index is 0.0622. The van der Waals surface area contributed by atoms with Gasteiger partial charge in [0, 0.05) is 5.56 Å². The van der Waals surface area contributed by atoms with Gasteiger partial charge in [-0.3, -0.25) is 4.79 Å². The third-order valence-corrected chi connectivity index (χ3v) is 4.29. The zero-order valence-electron chi connectivity index (χ0n) is 11.2. The molecule has 1 aliphatic rings. The van der Waals surface area contributed by atoms with E-state index in [1.807, 2.05) is 0 Å². The lowest BCUT2D eigenvalue weighted by Gasteiger charge is -2.13. The summed E-state index contributed by atoms with van der Waals surface area (Å²) >= 11 is 1.33. The van der Waals surface area contributed by atoms with Gasteiger partial charge in [-0.1, -0.05) is 11.8 Å². The number of aromatic nitrogens is 2. The fourth-order valence-corrected chi connectivity index (χ4v) is 3.13. The zero-order chi connectivity index (χ0) is 14.8. The predicted molar refractivity (Wildman–Crippen MR) is 76.7 cm³/mol. The molecule has 2 aromatic heterocycles. The summed E-state index contributed by atoms with van der Waals surface area (Å²) in [7, 11) is 0. The highest BCUT2D eigenvalue weighted by atomic mass is 32.2. The molecule has 2 heterocycles. The van der Waals surface area contributed by atoms with Crippen molar-refractivity contribution in [2.24, 2.45) is 0 Å². The average molecular weight is 306 g/mol. The number of carboxylic acids is 1. The molecule has 0 spiro atoms. The van der Waals surface area contributed by atoms with Crippen LogP contribution in [-0.4, -0.2) is 21.0 Å². The molecule has 3 rings (SSSR count). The minimum Gasteiger partial charge on any atom is -0.475 e. The van der Waals surface area contributed by atoms with Crippen LogP contribution in [0.25, 0.3) is 0 Å². The quantitative estimate of drug-likeness (QED) is 0.664. The number of aromatic amines is 1. The molecule has 0 aliphatic heterocycles. The van der Waals surface area contributed by atoms with E-state index in [2.05, 4.69) is 9.97 Å².